The molecule has 0 saturated heterocycles. The number of aryl methyl sites for hydroxylation is 2. The second-order valence-electron chi connectivity index (χ2n) is 2.71. The summed E-state index contributed by atoms with van der Waals surface area (Å²) < 4.78 is 6.25. The lowest BCUT2D eigenvalue weighted by Gasteiger charge is -1.93. The summed E-state index contributed by atoms with van der Waals surface area (Å²) in [5, 5.41) is 12.3. The van der Waals surface area contributed by atoms with Crippen molar-refractivity contribution >= 4 is 17.1 Å². The van der Waals surface area contributed by atoms with Gasteiger partial charge in [0.05, 0.1) is 0 Å². The number of fused-ring (bicyclic) bond motifs is 1. The van der Waals surface area contributed by atoms with Crippen molar-refractivity contribution in [1.29, 1.82) is 0 Å². The lowest BCUT2D eigenvalue weighted by atomic mass is 10.4. The molecule has 0 spiro atoms. The fourth-order valence-corrected chi connectivity index (χ4v) is 1.18. The minimum absolute atomic E-state index is 0.168. The molecule has 0 fully saturated rings. The maximum absolute atomic E-state index is 10.7. The van der Waals surface area contributed by atoms with Gasteiger partial charge in [0.2, 0.25) is 5.65 Å². The summed E-state index contributed by atoms with van der Waals surface area (Å²) in [6, 6.07) is 0. The van der Waals surface area contributed by atoms with Gasteiger partial charge in [-0.05, 0) is 6.92 Å². The van der Waals surface area contributed by atoms with E-state index >= 15 is 0 Å². The molecule has 2 aromatic heterocycles. The number of hydrogen-bond donors (Lipinski definition) is 1. The van der Waals surface area contributed by atoms with Crippen LogP contribution in [0.25, 0.3) is 11.2 Å². The van der Waals surface area contributed by atoms with E-state index in [1.54, 1.807) is 18.5 Å². The Morgan fingerprint density at radius 2 is 2.31 bits per heavy atom. The van der Waals surface area contributed by atoms with Crippen molar-refractivity contribution in [2.75, 3.05) is 0 Å². The quantitative estimate of drug-likeness (QED) is 0.695. The van der Waals surface area contributed by atoms with Crippen LogP contribution in [0.3, 0.4) is 0 Å². The molecule has 0 radical (unpaired) electrons. The zero-order valence-corrected chi connectivity index (χ0v) is 7.11. The van der Waals surface area contributed by atoms with Crippen LogP contribution in [0, 0.1) is 6.92 Å². The number of imidazole rings is 1. The van der Waals surface area contributed by atoms with Crippen molar-refractivity contribution in [3.8, 4) is 0 Å². The maximum Gasteiger partial charge on any atom is 0.377 e. The molecule has 2 heterocycles. The first-order valence-corrected chi connectivity index (χ1v) is 3.63. The Hall–Kier alpha value is -1.85. The second-order valence-corrected chi connectivity index (χ2v) is 2.71. The molecule has 13 heavy (non-hydrogen) atoms. The fourth-order valence-electron chi connectivity index (χ4n) is 1.18. The molecule has 0 aliphatic rings. The van der Waals surface area contributed by atoms with Crippen molar-refractivity contribution in [3.05, 3.63) is 11.6 Å². The van der Waals surface area contributed by atoms with Gasteiger partial charge in [-0.3, -0.25) is 0 Å². The van der Waals surface area contributed by atoms with Crippen LogP contribution < -0.4 is 0 Å². The van der Waals surface area contributed by atoms with Gasteiger partial charge in [0.25, 0.3) is 5.76 Å². The van der Waals surface area contributed by atoms with E-state index in [0.29, 0.717) is 17.0 Å². The van der Waals surface area contributed by atoms with Crippen LogP contribution in [0.5, 0.6) is 0 Å². The minimum Gasteiger partial charge on any atom is -0.475 e. The first-order chi connectivity index (χ1) is 6.11. The maximum atomic E-state index is 10.7. The summed E-state index contributed by atoms with van der Waals surface area (Å²) in [4.78, 5) is 14.7. The third-order valence-corrected chi connectivity index (χ3v) is 1.93. The normalized spacial score (nSPS) is 10.9. The van der Waals surface area contributed by atoms with Gasteiger partial charge in [-0.25, -0.2) is 9.78 Å². The highest BCUT2D eigenvalue weighted by Gasteiger charge is 2.20. The van der Waals surface area contributed by atoms with E-state index in [1.807, 2.05) is 0 Å². The molecule has 0 aromatic carbocycles. The van der Waals surface area contributed by atoms with Gasteiger partial charge in [0, 0.05) is 7.05 Å². The molecule has 0 saturated carbocycles. The van der Waals surface area contributed by atoms with Crippen LogP contribution in [-0.4, -0.2) is 25.8 Å². The van der Waals surface area contributed by atoms with Gasteiger partial charge in [-0.1, -0.05) is 5.16 Å². The molecule has 0 bridgehead atoms. The van der Waals surface area contributed by atoms with Crippen molar-refractivity contribution in [3.63, 3.8) is 0 Å². The number of carboxylic acids is 1. The number of aromatic nitrogens is 3. The second kappa shape index (κ2) is 2.32. The van der Waals surface area contributed by atoms with Crippen molar-refractivity contribution < 1.29 is 14.4 Å². The Morgan fingerprint density at radius 1 is 1.62 bits per heavy atom. The van der Waals surface area contributed by atoms with Gasteiger partial charge >= 0.3 is 5.97 Å². The predicted octanol–water partition coefficient (Wildman–Crippen LogP) is 0.568. The lowest BCUT2D eigenvalue weighted by molar-refractivity contribution is 0.0654. The predicted molar refractivity (Wildman–Crippen MR) is 42.5 cm³/mol. The molecule has 68 valence electrons. The topological polar surface area (TPSA) is 81.2 Å². The van der Waals surface area contributed by atoms with Crippen LogP contribution in [-0.2, 0) is 7.05 Å². The molecule has 0 aliphatic carbocycles. The number of carbonyl (C=O) groups is 1. The van der Waals surface area contributed by atoms with Gasteiger partial charge < -0.3 is 14.2 Å². The average molecular weight is 181 g/mol. The van der Waals surface area contributed by atoms with Gasteiger partial charge in [-0.15, -0.1) is 0 Å². The highest BCUT2D eigenvalue weighted by Crippen LogP contribution is 2.17. The first-order valence-electron chi connectivity index (χ1n) is 3.63. The summed E-state index contributed by atoms with van der Waals surface area (Å²) in [6.07, 6.45) is 0. The molecule has 0 atom stereocenters. The van der Waals surface area contributed by atoms with E-state index in [9.17, 15) is 4.79 Å². The van der Waals surface area contributed by atoms with Crippen molar-refractivity contribution in [1.82, 2.24) is 14.7 Å². The zero-order valence-electron chi connectivity index (χ0n) is 7.11. The monoisotopic (exact) mass is 181 g/mol. The van der Waals surface area contributed by atoms with Crippen LogP contribution in [0.1, 0.15) is 16.4 Å². The van der Waals surface area contributed by atoms with Gasteiger partial charge in [0.15, 0.2) is 0 Å². The lowest BCUT2D eigenvalue weighted by Crippen LogP contribution is -1.99. The minimum atomic E-state index is -1.13. The van der Waals surface area contributed by atoms with E-state index in [2.05, 4.69) is 14.7 Å². The van der Waals surface area contributed by atoms with Crippen LogP contribution in [0.2, 0.25) is 0 Å². The molecule has 2 aromatic rings. The van der Waals surface area contributed by atoms with Crippen LogP contribution in [0.15, 0.2) is 4.52 Å². The Labute approximate surface area is 72.8 Å². The Balaban J connectivity index is 2.85. The van der Waals surface area contributed by atoms with Crippen LogP contribution in [0.4, 0.5) is 0 Å². The highest BCUT2D eigenvalue weighted by molar-refractivity contribution is 5.97. The number of nitrogens with zero attached hydrogens (tertiary/aromatic N) is 3. The molecule has 0 unspecified atom stereocenters. The standard InChI is InChI=1S/C7H7N3O3/c1-3-8-6-4(10(3)2)5(7(11)12)13-9-6/h1-2H3,(H,11,12). The Kier molecular flexibility index (Phi) is 1.39. The van der Waals surface area contributed by atoms with E-state index in [1.165, 1.54) is 0 Å². The van der Waals surface area contributed by atoms with E-state index in [4.69, 9.17) is 5.11 Å². The summed E-state index contributed by atoms with van der Waals surface area (Å²) in [7, 11) is 1.72. The highest BCUT2D eigenvalue weighted by atomic mass is 16.5. The molecule has 1 N–H and O–H groups in total. The largest absolute Gasteiger partial charge is 0.475 e. The fraction of sp³-hybridized carbons (Fsp3) is 0.286. The zero-order chi connectivity index (χ0) is 9.59. The number of rotatable bonds is 1. The van der Waals surface area contributed by atoms with E-state index in [-0.39, 0.29) is 5.76 Å². The summed E-state index contributed by atoms with van der Waals surface area (Å²) in [5.41, 5.74) is 0.752. The number of hydrogen-bond acceptors (Lipinski definition) is 4. The van der Waals surface area contributed by atoms with Crippen molar-refractivity contribution in [2.24, 2.45) is 7.05 Å². The molecular formula is C7H7N3O3. The average Bonchev–Trinajstić information content (AvgIpc) is 2.55. The third kappa shape index (κ3) is 0.915. The molecule has 0 amide bonds. The van der Waals surface area contributed by atoms with Gasteiger partial charge in [0.1, 0.15) is 11.3 Å². The summed E-state index contributed by atoms with van der Waals surface area (Å²) >= 11 is 0. The van der Waals surface area contributed by atoms with Crippen molar-refractivity contribution in [2.45, 2.75) is 6.92 Å². The summed E-state index contributed by atoms with van der Waals surface area (Å²) in [5.74, 6) is -0.598. The van der Waals surface area contributed by atoms with E-state index in [0.717, 1.165) is 0 Å². The molecular weight excluding hydrogens is 174 g/mol. The molecule has 2 rings (SSSR count). The molecule has 6 nitrogen and oxygen atoms in total. The SMILES string of the molecule is Cc1nc2noc(C(=O)O)c2n1C. The molecule has 0 aliphatic heterocycles. The first kappa shape index (κ1) is 7.78. The number of carboxylic acid groups (broad SMARTS) is 1. The van der Waals surface area contributed by atoms with Crippen LogP contribution >= 0.6 is 0 Å². The summed E-state index contributed by atoms with van der Waals surface area (Å²) in [6.45, 7) is 1.77. The Morgan fingerprint density at radius 3 is 2.92 bits per heavy atom. The molecule has 6 heteroatoms. The number of aromatic carboxylic acids is 1. The van der Waals surface area contributed by atoms with Gasteiger partial charge in [-0.2, -0.15) is 0 Å². The Bertz CT molecular complexity index is 482. The third-order valence-electron chi connectivity index (χ3n) is 1.93. The smallest absolute Gasteiger partial charge is 0.377 e. The van der Waals surface area contributed by atoms with E-state index < -0.39 is 5.97 Å².